The maximum absolute atomic E-state index is 12.1. The highest BCUT2D eigenvalue weighted by molar-refractivity contribution is 6.04. The van der Waals surface area contributed by atoms with E-state index in [1.807, 2.05) is 13.8 Å². The van der Waals surface area contributed by atoms with E-state index in [-0.39, 0.29) is 36.7 Å². The van der Waals surface area contributed by atoms with Crippen LogP contribution in [0, 0.1) is 5.92 Å². The van der Waals surface area contributed by atoms with Gasteiger partial charge in [-0.3, -0.25) is 9.59 Å². The lowest BCUT2D eigenvalue weighted by molar-refractivity contribution is -0.118. The highest BCUT2D eigenvalue weighted by Gasteiger charge is 2.11. The second kappa shape index (κ2) is 8.36. The van der Waals surface area contributed by atoms with E-state index in [0.717, 1.165) is 0 Å². The van der Waals surface area contributed by atoms with Gasteiger partial charge in [-0.1, -0.05) is 19.9 Å². The molecule has 0 spiro atoms. The Balaban J connectivity index is 0.00000264. The molecule has 23 heavy (non-hydrogen) atoms. The molecule has 0 radical (unpaired) electrons. The van der Waals surface area contributed by atoms with Crippen LogP contribution in [0.5, 0.6) is 0 Å². The third kappa shape index (κ3) is 5.12. The lowest BCUT2D eigenvalue weighted by Gasteiger charge is -2.09. The Kier molecular flexibility index (Phi) is 6.81. The van der Waals surface area contributed by atoms with Crippen LogP contribution in [-0.2, 0) is 11.3 Å². The Hall–Kier alpha value is -2.31. The van der Waals surface area contributed by atoms with Gasteiger partial charge in [-0.2, -0.15) is 0 Å². The van der Waals surface area contributed by atoms with Gasteiger partial charge in [-0.25, -0.2) is 0 Å². The Labute approximate surface area is 140 Å². The molecule has 2 amide bonds. The summed E-state index contributed by atoms with van der Waals surface area (Å²) in [4.78, 5) is 23.8. The predicted octanol–water partition coefficient (Wildman–Crippen LogP) is 3.01. The summed E-state index contributed by atoms with van der Waals surface area (Å²) in [5.41, 5.74) is 7.06. The lowest BCUT2D eigenvalue weighted by Crippen LogP contribution is -2.18. The van der Waals surface area contributed by atoms with Gasteiger partial charge in [-0.15, -0.1) is 12.4 Å². The number of benzene rings is 1. The number of amides is 2. The number of nitrogens with two attached hydrogens (primary N) is 1. The second-order valence-electron chi connectivity index (χ2n) is 5.18. The fourth-order valence-electron chi connectivity index (χ4n) is 1.77. The van der Waals surface area contributed by atoms with Crippen LogP contribution in [-0.4, -0.2) is 11.8 Å². The number of hydrogen-bond acceptors (Lipinski definition) is 4. The Bertz CT molecular complexity index is 683. The zero-order valence-electron chi connectivity index (χ0n) is 13.0. The molecule has 0 fully saturated rings. The standard InChI is InChI=1S/C16H19N3O3.ClH/c1-10(2)15(20)18-12-4-3-5-13(7-12)19-16(21)11-6-14(8-17)22-9-11;/h3-7,9-10H,8,17H2,1-2H3,(H,18,20)(H,19,21);1H. The van der Waals surface area contributed by atoms with Crippen molar-refractivity contribution in [2.24, 2.45) is 11.7 Å². The van der Waals surface area contributed by atoms with Gasteiger partial charge in [0, 0.05) is 17.3 Å². The molecule has 6 nitrogen and oxygen atoms in total. The van der Waals surface area contributed by atoms with Gasteiger partial charge in [0.2, 0.25) is 5.91 Å². The molecule has 0 saturated carbocycles. The monoisotopic (exact) mass is 337 g/mol. The van der Waals surface area contributed by atoms with Crippen molar-refractivity contribution < 1.29 is 14.0 Å². The molecule has 7 heteroatoms. The minimum absolute atomic E-state index is 0. The molecular weight excluding hydrogens is 318 g/mol. The molecule has 0 saturated heterocycles. The number of rotatable bonds is 5. The highest BCUT2D eigenvalue weighted by Crippen LogP contribution is 2.17. The molecule has 2 rings (SSSR count). The van der Waals surface area contributed by atoms with Crippen molar-refractivity contribution in [3.8, 4) is 0 Å². The second-order valence-corrected chi connectivity index (χ2v) is 5.18. The summed E-state index contributed by atoms with van der Waals surface area (Å²) >= 11 is 0. The largest absolute Gasteiger partial charge is 0.467 e. The van der Waals surface area contributed by atoms with Crippen LogP contribution in [0.25, 0.3) is 0 Å². The summed E-state index contributed by atoms with van der Waals surface area (Å²) in [7, 11) is 0. The molecule has 1 heterocycles. The molecule has 124 valence electrons. The number of furan rings is 1. The molecule has 0 atom stereocenters. The summed E-state index contributed by atoms with van der Waals surface area (Å²) in [6, 6.07) is 8.56. The Morgan fingerprint density at radius 2 is 1.83 bits per heavy atom. The molecule has 1 aromatic carbocycles. The van der Waals surface area contributed by atoms with Crippen LogP contribution in [0.15, 0.2) is 41.0 Å². The van der Waals surface area contributed by atoms with Gasteiger partial charge < -0.3 is 20.8 Å². The van der Waals surface area contributed by atoms with E-state index < -0.39 is 0 Å². The van der Waals surface area contributed by atoms with Gasteiger partial charge in [0.25, 0.3) is 5.91 Å². The number of hydrogen-bond donors (Lipinski definition) is 3. The first-order valence-electron chi connectivity index (χ1n) is 6.99. The number of anilines is 2. The van der Waals surface area contributed by atoms with E-state index in [1.165, 1.54) is 6.26 Å². The summed E-state index contributed by atoms with van der Waals surface area (Å²) in [6.45, 7) is 3.87. The maximum atomic E-state index is 12.1. The average Bonchev–Trinajstić information content (AvgIpc) is 2.96. The fourth-order valence-corrected chi connectivity index (χ4v) is 1.77. The van der Waals surface area contributed by atoms with Crippen molar-refractivity contribution in [3.63, 3.8) is 0 Å². The van der Waals surface area contributed by atoms with Crippen molar-refractivity contribution >= 4 is 35.6 Å². The SMILES string of the molecule is CC(C)C(=O)Nc1cccc(NC(=O)c2coc(CN)c2)c1.Cl. The average molecular weight is 338 g/mol. The number of carbonyl (C=O) groups is 2. The number of carbonyl (C=O) groups excluding carboxylic acids is 2. The van der Waals surface area contributed by atoms with Gasteiger partial charge in [0.05, 0.1) is 12.1 Å². The Morgan fingerprint density at radius 3 is 2.39 bits per heavy atom. The summed E-state index contributed by atoms with van der Waals surface area (Å²) < 4.78 is 5.13. The van der Waals surface area contributed by atoms with Crippen molar-refractivity contribution in [1.82, 2.24) is 0 Å². The predicted molar refractivity (Wildman–Crippen MR) is 91.7 cm³/mol. The Morgan fingerprint density at radius 1 is 1.17 bits per heavy atom. The van der Waals surface area contributed by atoms with Gasteiger partial charge in [0.1, 0.15) is 12.0 Å². The molecule has 1 aromatic heterocycles. The summed E-state index contributed by atoms with van der Waals surface area (Å²) in [5.74, 6) is 0.0589. The van der Waals surface area contributed by atoms with E-state index in [9.17, 15) is 9.59 Å². The maximum Gasteiger partial charge on any atom is 0.258 e. The van der Waals surface area contributed by atoms with Crippen LogP contribution in [0.3, 0.4) is 0 Å². The van der Waals surface area contributed by atoms with Crippen LogP contribution in [0.1, 0.15) is 30.0 Å². The zero-order valence-corrected chi connectivity index (χ0v) is 13.8. The van der Waals surface area contributed by atoms with E-state index in [1.54, 1.807) is 30.3 Å². The summed E-state index contributed by atoms with van der Waals surface area (Å²) in [6.07, 6.45) is 1.36. The van der Waals surface area contributed by atoms with Crippen LogP contribution < -0.4 is 16.4 Å². The molecule has 0 bridgehead atoms. The third-order valence-electron chi connectivity index (χ3n) is 3.03. The topological polar surface area (TPSA) is 97.4 Å². The van der Waals surface area contributed by atoms with Crippen molar-refractivity contribution in [2.75, 3.05) is 10.6 Å². The lowest BCUT2D eigenvalue weighted by atomic mass is 10.2. The molecule has 0 aliphatic carbocycles. The molecule has 4 N–H and O–H groups in total. The van der Waals surface area contributed by atoms with Crippen molar-refractivity contribution in [1.29, 1.82) is 0 Å². The number of nitrogens with one attached hydrogen (secondary N) is 2. The molecule has 0 aliphatic heterocycles. The van der Waals surface area contributed by atoms with Gasteiger partial charge >= 0.3 is 0 Å². The van der Waals surface area contributed by atoms with Crippen LogP contribution >= 0.6 is 12.4 Å². The van der Waals surface area contributed by atoms with Crippen molar-refractivity contribution in [2.45, 2.75) is 20.4 Å². The first-order valence-corrected chi connectivity index (χ1v) is 6.99. The smallest absolute Gasteiger partial charge is 0.258 e. The third-order valence-corrected chi connectivity index (χ3v) is 3.03. The minimum atomic E-state index is -0.296. The quantitative estimate of drug-likeness (QED) is 0.781. The number of halogens is 1. The van der Waals surface area contributed by atoms with E-state index in [4.69, 9.17) is 10.2 Å². The van der Waals surface area contributed by atoms with E-state index >= 15 is 0 Å². The van der Waals surface area contributed by atoms with Crippen LogP contribution in [0.2, 0.25) is 0 Å². The van der Waals surface area contributed by atoms with E-state index in [0.29, 0.717) is 22.7 Å². The molecular formula is C16H20ClN3O3. The minimum Gasteiger partial charge on any atom is -0.467 e. The molecule has 0 aliphatic rings. The normalized spacial score (nSPS) is 10.1. The van der Waals surface area contributed by atoms with Crippen molar-refractivity contribution in [3.05, 3.63) is 47.9 Å². The first-order chi connectivity index (χ1) is 10.5. The van der Waals surface area contributed by atoms with Crippen LogP contribution in [0.4, 0.5) is 11.4 Å². The van der Waals surface area contributed by atoms with Gasteiger partial charge in [0.15, 0.2) is 0 Å². The molecule has 2 aromatic rings. The molecule has 0 unspecified atom stereocenters. The summed E-state index contributed by atoms with van der Waals surface area (Å²) in [5, 5.41) is 5.53. The van der Waals surface area contributed by atoms with Gasteiger partial charge in [-0.05, 0) is 24.3 Å². The highest BCUT2D eigenvalue weighted by atomic mass is 35.5. The zero-order chi connectivity index (χ0) is 16.1. The van der Waals surface area contributed by atoms with E-state index in [2.05, 4.69) is 10.6 Å². The fraction of sp³-hybridized carbons (Fsp3) is 0.250. The first kappa shape index (κ1) is 18.7.